The van der Waals surface area contributed by atoms with Gasteiger partial charge in [-0.2, -0.15) is 16.4 Å². The summed E-state index contributed by atoms with van der Waals surface area (Å²) in [6.45, 7) is 4.06. The highest BCUT2D eigenvalue weighted by molar-refractivity contribution is 7.80. The van der Waals surface area contributed by atoms with Crippen molar-refractivity contribution >= 4 is 34.4 Å². The maximum atomic E-state index is 5.78. The summed E-state index contributed by atoms with van der Waals surface area (Å²) in [4.78, 5) is 0.385. The summed E-state index contributed by atoms with van der Waals surface area (Å²) in [5, 5.41) is 12.1. The van der Waals surface area contributed by atoms with Crippen molar-refractivity contribution in [1.29, 1.82) is 0 Å². The molecular formula is C13H18N4S2. The van der Waals surface area contributed by atoms with E-state index in [0.717, 1.165) is 23.5 Å². The molecule has 2 heterocycles. The molecule has 102 valence electrons. The molecule has 0 aliphatic rings. The molecule has 1 unspecified atom stereocenters. The van der Waals surface area contributed by atoms with Crippen molar-refractivity contribution in [3.05, 3.63) is 33.6 Å². The van der Waals surface area contributed by atoms with Gasteiger partial charge in [-0.3, -0.25) is 4.68 Å². The molecule has 2 aromatic heterocycles. The van der Waals surface area contributed by atoms with Crippen LogP contribution in [0, 0.1) is 6.92 Å². The summed E-state index contributed by atoms with van der Waals surface area (Å²) < 4.78 is 1.80. The molecule has 0 aliphatic carbocycles. The third-order valence-corrected chi connectivity index (χ3v) is 3.91. The SMILES string of the molecule is Cc1nn(C)c(NC(C)Cc2ccsc2)c1C(N)=S. The van der Waals surface area contributed by atoms with E-state index in [9.17, 15) is 0 Å². The Morgan fingerprint density at radius 3 is 2.95 bits per heavy atom. The summed E-state index contributed by atoms with van der Waals surface area (Å²) in [6.07, 6.45) is 0.963. The Morgan fingerprint density at radius 1 is 1.63 bits per heavy atom. The number of anilines is 1. The first kappa shape index (κ1) is 14.0. The fourth-order valence-corrected chi connectivity index (χ4v) is 3.09. The predicted molar refractivity (Wildman–Crippen MR) is 84.9 cm³/mol. The van der Waals surface area contributed by atoms with Gasteiger partial charge in [-0.05, 0) is 42.7 Å². The largest absolute Gasteiger partial charge is 0.389 e. The number of rotatable bonds is 5. The van der Waals surface area contributed by atoms with E-state index in [1.807, 2.05) is 14.0 Å². The highest BCUT2D eigenvalue weighted by Crippen LogP contribution is 2.20. The minimum absolute atomic E-state index is 0.289. The smallest absolute Gasteiger partial charge is 0.134 e. The van der Waals surface area contributed by atoms with Crippen LogP contribution in [0.4, 0.5) is 5.82 Å². The van der Waals surface area contributed by atoms with Crippen LogP contribution in [0.25, 0.3) is 0 Å². The number of thiocarbonyl (C=S) groups is 1. The van der Waals surface area contributed by atoms with Gasteiger partial charge in [0, 0.05) is 13.1 Å². The van der Waals surface area contributed by atoms with E-state index in [1.54, 1.807) is 16.0 Å². The van der Waals surface area contributed by atoms with Crippen molar-refractivity contribution in [2.45, 2.75) is 26.3 Å². The van der Waals surface area contributed by atoms with Crippen molar-refractivity contribution in [2.75, 3.05) is 5.32 Å². The number of nitrogens with one attached hydrogen (secondary N) is 1. The van der Waals surface area contributed by atoms with Gasteiger partial charge in [0.25, 0.3) is 0 Å². The topological polar surface area (TPSA) is 55.9 Å². The third-order valence-electron chi connectivity index (χ3n) is 2.97. The number of hydrogen-bond donors (Lipinski definition) is 2. The molecule has 3 N–H and O–H groups in total. The molecule has 2 rings (SSSR count). The Labute approximate surface area is 122 Å². The van der Waals surface area contributed by atoms with Gasteiger partial charge in [0.2, 0.25) is 0 Å². The van der Waals surface area contributed by atoms with Crippen molar-refractivity contribution in [2.24, 2.45) is 12.8 Å². The second kappa shape index (κ2) is 5.71. The van der Waals surface area contributed by atoms with E-state index in [4.69, 9.17) is 18.0 Å². The van der Waals surface area contributed by atoms with Crippen LogP contribution >= 0.6 is 23.6 Å². The maximum Gasteiger partial charge on any atom is 0.134 e. The lowest BCUT2D eigenvalue weighted by atomic mass is 10.1. The van der Waals surface area contributed by atoms with Crippen LogP contribution in [0.5, 0.6) is 0 Å². The average molecular weight is 294 g/mol. The van der Waals surface area contributed by atoms with Crippen LogP contribution in [0.3, 0.4) is 0 Å². The van der Waals surface area contributed by atoms with Crippen molar-refractivity contribution in [3.8, 4) is 0 Å². The molecule has 19 heavy (non-hydrogen) atoms. The number of aromatic nitrogens is 2. The van der Waals surface area contributed by atoms with Crippen molar-refractivity contribution in [1.82, 2.24) is 9.78 Å². The molecule has 0 radical (unpaired) electrons. The van der Waals surface area contributed by atoms with Gasteiger partial charge in [0.15, 0.2) is 0 Å². The van der Waals surface area contributed by atoms with E-state index in [-0.39, 0.29) is 6.04 Å². The number of thiophene rings is 1. The molecule has 6 heteroatoms. The Morgan fingerprint density at radius 2 is 2.37 bits per heavy atom. The number of nitrogens with two attached hydrogens (primary N) is 1. The van der Waals surface area contributed by atoms with E-state index in [1.165, 1.54) is 5.56 Å². The van der Waals surface area contributed by atoms with Crippen molar-refractivity contribution in [3.63, 3.8) is 0 Å². The maximum absolute atomic E-state index is 5.78. The standard InChI is InChI=1S/C13H18N4S2/c1-8(6-10-4-5-19-7-10)15-13-11(12(14)18)9(2)16-17(13)3/h4-5,7-8,15H,6H2,1-3H3,(H2,14,18). The molecule has 4 nitrogen and oxygen atoms in total. The molecule has 0 aromatic carbocycles. The fourth-order valence-electron chi connectivity index (χ4n) is 2.17. The minimum atomic E-state index is 0.289. The first-order chi connectivity index (χ1) is 8.99. The van der Waals surface area contributed by atoms with Crippen LogP contribution in [0.15, 0.2) is 16.8 Å². The van der Waals surface area contributed by atoms with Gasteiger partial charge in [-0.1, -0.05) is 12.2 Å². The molecule has 0 fully saturated rings. The Bertz CT molecular complexity index is 572. The van der Waals surface area contributed by atoms with Crippen LogP contribution < -0.4 is 11.1 Å². The van der Waals surface area contributed by atoms with Gasteiger partial charge < -0.3 is 11.1 Å². The Balaban J connectivity index is 2.16. The van der Waals surface area contributed by atoms with E-state index < -0.39 is 0 Å². The first-order valence-corrected chi connectivity index (χ1v) is 7.45. The summed E-state index contributed by atoms with van der Waals surface area (Å²) in [5.74, 6) is 0.896. The molecule has 0 saturated carbocycles. The molecule has 0 spiro atoms. The molecular weight excluding hydrogens is 276 g/mol. The van der Waals surface area contributed by atoms with Gasteiger partial charge >= 0.3 is 0 Å². The average Bonchev–Trinajstić information content (AvgIpc) is 2.88. The second-order valence-corrected chi connectivity index (χ2v) is 5.90. The highest BCUT2D eigenvalue weighted by Gasteiger charge is 2.17. The van der Waals surface area contributed by atoms with E-state index >= 15 is 0 Å². The normalized spacial score (nSPS) is 12.4. The molecule has 0 bridgehead atoms. The Hall–Kier alpha value is -1.40. The summed E-state index contributed by atoms with van der Waals surface area (Å²) in [7, 11) is 1.90. The van der Waals surface area contributed by atoms with Gasteiger partial charge in [-0.25, -0.2) is 0 Å². The lowest BCUT2D eigenvalue weighted by molar-refractivity contribution is 0.725. The second-order valence-electron chi connectivity index (χ2n) is 4.68. The van der Waals surface area contributed by atoms with Gasteiger partial charge in [0.05, 0.1) is 11.3 Å². The molecule has 2 aromatic rings. The first-order valence-electron chi connectivity index (χ1n) is 6.10. The van der Waals surface area contributed by atoms with Crippen LogP contribution in [0.2, 0.25) is 0 Å². The predicted octanol–water partition coefficient (Wildman–Crippen LogP) is 2.47. The minimum Gasteiger partial charge on any atom is -0.389 e. The number of aryl methyl sites for hydroxylation is 2. The molecule has 1 atom stereocenters. The quantitative estimate of drug-likeness (QED) is 0.832. The van der Waals surface area contributed by atoms with Crippen LogP contribution in [0.1, 0.15) is 23.7 Å². The molecule has 0 amide bonds. The summed E-state index contributed by atoms with van der Waals surface area (Å²) >= 11 is 6.82. The van der Waals surface area contributed by atoms with Gasteiger partial charge in [-0.15, -0.1) is 0 Å². The highest BCUT2D eigenvalue weighted by atomic mass is 32.1. The monoisotopic (exact) mass is 294 g/mol. The zero-order valence-corrected chi connectivity index (χ0v) is 12.9. The summed E-state index contributed by atoms with van der Waals surface area (Å²) in [5.41, 5.74) is 8.82. The number of nitrogens with zero attached hydrogens (tertiary/aromatic N) is 2. The van der Waals surface area contributed by atoms with Crippen LogP contribution in [-0.2, 0) is 13.5 Å². The van der Waals surface area contributed by atoms with Gasteiger partial charge in [0.1, 0.15) is 10.8 Å². The van der Waals surface area contributed by atoms with E-state index in [0.29, 0.717) is 4.99 Å². The summed E-state index contributed by atoms with van der Waals surface area (Å²) in [6, 6.07) is 2.43. The number of hydrogen-bond acceptors (Lipinski definition) is 4. The van der Waals surface area contributed by atoms with E-state index in [2.05, 4.69) is 34.2 Å². The molecule has 0 saturated heterocycles. The third kappa shape index (κ3) is 3.13. The fraction of sp³-hybridized carbons (Fsp3) is 0.385. The molecule has 0 aliphatic heterocycles. The lowest BCUT2D eigenvalue weighted by Crippen LogP contribution is -2.22. The zero-order chi connectivity index (χ0) is 14.0. The van der Waals surface area contributed by atoms with Crippen molar-refractivity contribution < 1.29 is 0 Å². The lowest BCUT2D eigenvalue weighted by Gasteiger charge is -2.16. The Kier molecular flexibility index (Phi) is 4.21. The zero-order valence-electron chi connectivity index (χ0n) is 11.3. The van der Waals surface area contributed by atoms with Crippen LogP contribution in [-0.4, -0.2) is 20.8 Å².